The second-order valence-electron chi connectivity index (χ2n) is 3.79. The lowest BCUT2D eigenvalue weighted by Crippen LogP contribution is -2.14. The Morgan fingerprint density at radius 1 is 1.32 bits per heavy atom. The van der Waals surface area contributed by atoms with Gasteiger partial charge in [0.15, 0.2) is 0 Å². The molecule has 3 N–H and O–H groups in total. The van der Waals surface area contributed by atoms with Crippen LogP contribution in [0.5, 0.6) is 0 Å². The topological polar surface area (TPSA) is 55.1 Å². The van der Waals surface area contributed by atoms with Crippen molar-refractivity contribution in [1.82, 2.24) is 0 Å². The normalized spacial score (nSPS) is 10.3. The second-order valence-corrected chi connectivity index (χ2v) is 5.02. The fourth-order valence-corrected chi connectivity index (χ4v) is 2.11. The van der Waals surface area contributed by atoms with Gasteiger partial charge in [0.2, 0.25) is 0 Å². The number of anilines is 2. The number of hydrogen-bond donors (Lipinski definition) is 2. The Labute approximate surface area is 122 Å². The van der Waals surface area contributed by atoms with Crippen molar-refractivity contribution in [2.75, 3.05) is 11.1 Å². The van der Waals surface area contributed by atoms with Crippen molar-refractivity contribution in [2.24, 2.45) is 0 Å². The molecule has 0 aliphatic carbocycles. The lowest BCUT2D eigenvalue weighted by atomic mass is 10.2. The van der Waals surface area contributed by atoms with E-state index in [1.807, 2.05) is 0 Å². The molecule has 0 unspecified atom stereocenters. The van der Waals surface area contributed by atoms with E-state index in [9.17, 15) is 9.18 Å². The van der Waals surface area contributed by atoms with E-state index >= 15 is 0 Å². The van der Waals surface area contributed by atoms with Crippen molar-refractivity contribution in [3.8, 4) is 0 Å². The molecule has 0 radical (unpaired) electrons. The van der Waals surface area contributed by atoms with Gasteiger partial charge in [-0.25, -0.2) is 4.39 Å². The van der Waals surface area contributed by atoms with Crippen molar-refractivity contribution in [3.63, 3.8) is 0 Å². The Morgan fingerprint density at radius 3 is 2.74 bits per heavy atom. The van der Waals surface area contributed by atoms with Crippen LogP contribution >= 0.6 is 27.5 Å². The molecular weight excluding hydrogens is 335 g/mol. The first-order valence-electron chi connectivity index (χ1n) is 5.29. The van der Waals surface area contributed by atoms with Gasteiger partial charge in [0, 0.05) is 10.7 Å². The molecule has 2 aromatic carbocycles. The summed E-state index contributed by atoms with van der Waals surface area (Å²) in [6.07, 6.45) is 0. The summed E-state index contributed by atoms with van der Waals surface area (Å²) >= 11 is 8.86. The van der Waals surface area contributed by atoms with E-state index in [-0.39, 0.29) is 10.7 Å². The number of hydrogen-bond acceptors (Lipinski definition) is 2. The summed E-state index contributed by atoms with van der Waals surface area (Å²) in [5, 5.41) is 2.73. The fourth-order valence-electron chi connectivity index (χ4n) is 1.51. The molecule has 98 valence electrons. The number of benzene rings is 2. The number of halogens is 3. The number of nitrogens with one attached hydrogen (secondary N) is 1. The first-order valence-corrected chi connectivity index (χ1v) is 6.46. The van der Waals surface area contributed by atoms with E-state index in [0.29, 0.717) is 15.7 Å². The minimum atomic E-state index is -0.596. The Balaban J connectivity index is 2.28. The van der Waals surface area contributed by atoms with Crippen LogP contribution in [0.15, 0.2) is 40.9 Å². The highest BCUT2D eigenvalue weighted by atomic mass is 79.9. The molecule has 2 aromatic rings. The van der Waals surface area contributed by atoms with Gasteiger partial charge in [0.05, 0.1) is 15.7 Å². The van der Waals surface area contributed by atoms with Crippen LogP contribution in [-0.2, 0) is 0 Å². The smallest absolute Gasteiger partial charge is 0.256 e. The largest absolute Gasteiger partial charge is 0.398 e. The van der Waals surface area contributed by atoms with E-state index < -0.39 is 11.7 Å². The molecule has 0 aromatic heterocycles. The first-order chi connectivity index (χ1) is 8.99. The van der Waals surface area contributed by atoms with Crippen LogP contribution < -0.4 is 11.1 Å². The van der Waals surface area contributed by atoms with Crippen molar-refractivity contribution in [3.05, 3.63) is 57.3 Å². The van der Waals surface area contributed by atoms with Crippen LogP contribution in [0.4, 0.5) is 15.8 Å². The third kappa shape index (κ3) is 3.05. The van der Waals surface area contributed by atoms with E-state index in [4.69, 9.17) is 17.3 Å². The summed E-state index contributed by atoms with van der Waals surface area (Å²) in [7, 11) is 0. The van der Waals surface area contributed by atoms with Crippen LogP contribution in [-0.4, -0.2) is 5.91 Å². The minimum absolute atomic E-state index is 0.0590. The molecule has 0 bridgehead atoms. The number of carbonyl (C=O) groups is 1. The van der Waals surface area contributed by atoms with E-state index in [2.05, 4.69) is 21.2 Å². The summed E-state index contributed by atoms with van der Waals surface area (Å²) in [5.41, 5.74) is 6.50. The molecule has 2 rings (SSSR count). The highest BCUT2D eigenvalue weighted by Gasteiger charge is 2.13. The van der Waals surface area contributed by atoms with Gasteiger partial charge in [-0.15, -0.1) is 0 Å². The Kier molecular flexibility index (Phi) is 4.07. The Bertz CT molecular complexity index is 649. The Morgan fingerprint density at radius 2 is 2.05 bits per heavy atom. The molecule has 0 fully saturated rings. The Hall–Kier alpha value is -1.59. The summed E-state index contributed by atoms with van der Waals surface area (Å²) < 4.78 is 14.0. The molecule has 19 heavy (non-hydrogen) atoms. The highest BCUT2D eigenvalue weighted by Crippen LogP contribution is 2.25. The van der Waals surface area contributed by atoms with Gasteiger partial charge in [-0.05, 0) is 46.3 Å². The van der Waals surface area contributed by atoms with E-state index in [1.54, 1.807) is 18.2 Å². The zero-order valence-corrected chi connectivity index (χ0v) is 11.9. The average Bonchev–Trinajstić information content (AvgIpc) is 2.36. The van der Waals surface area contributed by atoms with Crippen molar-refractivity contribution in [1.29, 1.82) is 0 Å². The lowest BCUT2D eigenvalue weighted by molar-refractivity contribution is 0.102. The number of nitrogen functional groups attached to an aromatic ring is 1. The van der Waals surface area contributed by atoms with Crippen molar-refractivity contribution < 1.29 is 9.18 Å². The van der Waals surface area contributed by atoms with Gasteiger partial charge < -0.3 is 11.1 Å². The lowest BCUT2D eigenvalue weighted by Gasteiger charge is -2.09. The quantitative estimate of drug-likeness (QED) is 0.807. The predicted octanol–water partition coefficient (Wildman–Crippen LogP) is 4.08. The maximum Gasteiger partial charge on any atom is 0.256 e. The molecular formula is C13H9BrClFN2O. The molecule has 0 atom stereocenters. The van der Waals surface area contributed by atoms with E-state index in [0.717, 1.165) is 6.07 Å². The SMILES string of the molecule is Nc1cccc(C(=O)Nc2ccc(Cl)cc2F)c1Br. The molecule has 0 aliphatic rings. The van der Waals surface area contributed by atoms with Crippen LogP contribution in [0.25, 0.3) is 0 Å². The van der Waals surface area contributed by atoms with Crippen LogP contribution in [0.3, 0.4) is 0 Å². The fraction of sp³-hybridized carbons (Fsp3) is 0. The van der Waals surface area contributed by atoms with Gasteiger partial charge in [0.1, 0.15) is 5.82 Å². The monoisotopic (exact) mass is 342 g/mol. The average molecular weight is 344 g/mol. The maximum atomic E-state index is 13.6. The zero-order chi connectivity index (χ0) is 14.0. The maximum absolute atomic E-state index is 13.6. The minimum Gasteiger partial charge on any atom is -0.398 e. The predicted molar refractivity (Wildman–Crippen MR) is 77.9 cm³/mol. The molecule has 0 saturated heterocycles. The summed E-state index contributed by atoms with van der Waals surface area (Å²) in [4.78, 5) is 12.0. The third-order valence-corrected chi connectivity index (χ3v) is 3.57. The third-order valence-electron chi connectivity index (χ3n) is 2.45. The molecule has 0 saturated carbocycles. The van der Waals surface area contributed by atoms with Crippen LogP contribution in [0.1, 0.15) is 10.4 Å². The summed E-state index contributed by atoms with van der Waals surface area (Å²) in [6.45, 7) is 0. The summed E-state index contributed by atoms with van der Waals surface area (Å²) in [5.74, 6) is -1.05. The highest BCUT2D eigenvalue weighted by molar-refractivity contribution is 9.10. The van der Waals surface area contributed by atoms with Gasteiger partial charge >= 0.3 is 0 Å². The molecule has 3 nitrogen and oxygen atoms in total. The van der Waals surface area contributed by atoms with E-state index in [1.165, 1.54) is 12.1 Å². The molecule has 0 aliphatic heterocycles. The zero-order valence-electron chi connectivity index (χ0n) is 9.58. The second kappa shape index (κ2) is 5.59. The van der Waals surface area contributed by atoms with Crippen LogP contribution in [0.2, 0.25) is 5.02 Å². The standard InChI is InChI=1S/C13H9BrClFN2O/c14-12-8(2-1-3-10(12)17)13(19)18-11-5-4-7(15)6-9(11)16/h1-6H,17H2,(H,18,19). The number of amides is 1. The number of carbonyl (C=O) groups excluding carboxylic acids is 1. The molecule has 1 amide bonds. The van der Waals surface area contributed by atoms with Gasteiger partial charge in [0.25, 0.3) is 5.91 Å². The number of rotatable bonds is 2. The van der Waals surface area contributed by atoms with Crippen molar-refractivity contribution >= 4 is 44.8 Å². The van der Waals surface area contributed by atoms with Crippen LogP contribution in [0, 0.1) is 5.82 Å². The molecule has 0 heterocycles. The number of nitrogens with two attached hydrogens (primary N) is 1. The van der Waals surface area contributed by atoms with Crippen molar-refractivity contribution in [2.45, 2.75) is 0 Å². The first kappa shape index (κ1) is 13.8. The van der Waals surface area contributed by atoms with Gasteiger partial charge in [-0.1, -0.05) is 17.7 Å². The van der Waals surface area contributed by atoms with Gasteiger partial charge in [-0.2, -0.15) is 0 Å². The summed E-state index contributed by atoms with van der Waals surface area (Å²) in [6, 6.07) is 8.91. The van der Waals surface area contributed by atoms with Gasteiger partial charge in [-0.3, -0.25) is 4.79 Å². The molecule has 6 heteroatoms. The molecule has 0 spiro atoms.